The maximum atomic E-state index is 13.0. The van der Waals surface area contributed by atoms with Gasteiger partial charge in [0.2, 0.25) is 10.0 Å². The molecule has 2 aromatic rings. The number of sulfonamides is 1. The van der Waals surface area contributed by atoms with Crippen molar-refractivity contribution in [1.82, 2.24) is 4.72 Å². The quantitative estimate of drug-likeness (QED) is 0.724. The van der Waals surface area contributed by atoms with Gasteiger partial charge in [0.05, 0.1) is 11.0 Å². The number of halogens is 2. The Morgan fingerprint density at radius 3 is 2.24 bits per heavy atom. The van der Waals surface area contributed by atoms with Gasteiger partial charge in [-0.3, -0.25) is 0 Å². The first kappa shape index (κ1) is 19.1. The predicted molar refractivity (Wildman–Crippen MR) is 89.2 cm³/mol. The van der Waals surface area contributed by atoms with Gasteiger partial charge in [0.15, 0.2) is 11.6 Å². The van der Waals surface area contributed by atoms with E-state index in [4.69, 9.17) is 9.47 Å². The van der Waals surface area contributed by atoms with E-state index < -0.39 is 21.7 Å². The molecule has 2 aromatic carbocycles. The van der Waals surface area contributed by atoms with E-state index in [1.807, 2.05) is 13.8 Å². The molecule has 0 saturated heterocycles. The maximum Gasteiger partial charge on any atom is 0.240 e. The van der Waals surface area contributed by atoms with Crippen LogP contribution in [-0.2, 0) is 10.0 Å². The van der Waals surface area contributed by atoms with Crippen LogP contribution in [0.15, 0.2) is 47.4 Å². The molecule has 0 radical (unpaired) electrons. The van der Waals surface area contributed by atoms with Crippen LogP contribution in [0, 0.1) is 11.6 Å². The van der Waals surface area contributed by atoms with Crippen molar-refractivity contribution in [2.75, 3.05) is 13.2 Å². The Balaban J connectivity index is 1.87. The summed E-state index contributed by atoms with van der Waals surface area (Å²) in [5, 5.41) is 0. The van der Waals surface area contributed by atoms with Gasteiger partial charge in [0, 0.05) is 12.6 Å². The second-order valence-corrected chi connectivity index (χ2v) is 7.23. The summed E-state index contributed by atoms with van der Waals surface area (Å²) in [5.41, 5.74) is 0. The average molecular weight is 371 g/mol. The van der Waals surface area contributed by atoms with E-state index in [0.717, 1.165) is 12.1 Å². The highest BCUT2D eigenvalue weighted by Crippen LogP contribution is 2.17. The van der Waals surface area contributed by atoms with Crippen LogP contribution in [0.2, 0.25) is 0 Å². The molecule has 0 heterocycles. The lowest BCUT2D eigenvalue weighted by Crippen LogP contribution is -2.28. The molecule has 0 aliphatic rings. The molecule has 0 atom stereocenters. The maximum absolute atomic E-state index is 13.0. The Morgan fingerprint density at radius 1 is 1.00 bits per heavy atom. The second kappa shape index (κ2) is 8.26. The van der Waals surface area contributed by atoms with Crippen molar-refractivity contribution in [3.63, 3.8) is 0 Å². The molecular weight excluding hydrogens is 352 g/mol. The summed E-state index contributed by atoms with van der Waals surface area (Å²) in [6.07, 6.45) is -0.00553. The summed E-state index contributed by atoms with van der Waals surface area (Å²) in [6.45, 7) is 3.70. The Hall–Kier alpha value is -2.19. The van der Waals surface area contributed by atoms with Gasteiger partial charge in [-0.05, 0) is 50.2 Å². The predicted octanol–water partition coefficient (Wildman–Crippen LogP) is 3.11. The van der Waals surface area contributed by atoms with Gasteiger partial charge in [0.25, 0.3) is 0 Å². The lowest BCUT2D eigenvalue weighted by molar-refractivity contribution is 0.242. The number of rotatable bonds is 8. The molecule has 0 aliphatic heterocycles. The Morgan fingerprint density at radius 2 is 1.64 bits per heavy atom. The Kier molecular flexibility index (Phi) is 6.33. The van der Waals surface area contributed by atoms with Crippen molar-refractivity contribution in [1.29, 1.82) is 0 Å². The van der Waals surface area contributed by atoms with Crippen LogP contribution < -0.4 is 14.2 Å². The normalized spacial score (nSPS) is 11.6. The van der Waals surface area contributed by atoms with Crippen LogP contribution in [0.3, 0.4) is 0 Å². The van der Waals surface area contributed by atoms with Crippen LogP contribution in [0.5, 0.6) is 11.5 Å². The van der Waals surface area contributed by atoms with E-state index in [1.165, 1.54) is 18.2 Å². The molecule has 0 amide bonds. The smallest absolute Gasteiger partial charge is 0.240 e. The zero-order valence-electron chi connectivity index (χ0n) is 13.8. The monoisotopic (exact) mass is 371 g/mol. The Labute approximate surface area is 145 Å². The third kappa shape index (κ3) is 5.68. The molecule has 0 aromatic heterocycles. The highest BCUT2D eigenvalue weighted by molar-refractivity contribution is 7.89. The van der Waals surface area contributed by atoms with Crippen LogP contribution in [0.1, 0.15) is 13.8 Å². The number of nitrogens with one attached hydrogen (secondary N) is 1. The van der Waals surface area contributed by atoms with Crippen molar-refractivity contribution >= 4 is 10.0 Å². The van der Waals surface area contributed by atoms with E-state index in [9.17, 15) is 17.2 Å². The third-order valence-electron chi connectivity index (χ3n) is 3.06. The van der Waals surface area contributed by atoms with E-state index in [-0.39, 0.29) is 29.9 Å². The van der Waals surface area contributed by atoms with Gasteiger partial charge in [-0.2, -0.15) is 0 Å². The van der Waals surface area contributed by atoms with Crippen LogP contribution in [0.4, 0.5) is 8.78 Å². The lowest BCUT2D eigenvalue weighted by atomic mass is 10.3. The molecule has 136 valence electrons. The molecular formula is C17H19F2NO4S. The summed E-state index contributed by atoms with van der Waals surface area (Å²) in [5.74, 6) is -1.30. The molecule has 0 unspecified atom stereocenters. The number of hydrogen-bond donors (Lipinski definition) is 1. The molecule has 0 bridgehead atoms. The van der Waals surface area contributed by atoms with Crippen molar-refractivity contribution < 1.29 is 26.7 Å². The fraction of sp³-hybridized carbons (Fsp3) is 0.294. The molecule has 25 heavy (non-hydrogen) atoms. The van der Waals surface area contributed by atoms with E-state index >= 15 is 0 Å². The fourth-order valence-corrected chi connectivity index (χ4v) is 2.98. The standard InChI is InChI=1S/C17H19F2NO4S/c1-12(2)24-13-3-6-15(7-4-13)25(21,22)20-9-10-23-14-5-8-16(18)17(19)11-14/h3-8,11-12,20H,9-10H2,1-2H3. The summed E-state index contributed by atoms with van der Waals surface area (Å²) in [6, 6.07) is 9.14. The minimum Gasteiger partial charge on any atom is -0.492 e. The first-order valence-electron chi connectivity index (χ1n) is 7.62. The van der Waals surface area contributed by atoms with E-state index in [2.05, 4.69) is 4.72 Å². The third-order valence-corrected chi connectivity index (χ3v) is 4.54. The first-order valence-corrected chi connectivity index (χ1v) is 9.10. The summed E-state index contributed by atoms with van der Waals surface area (Å²) < 4.78 is 63.2. The van der Waals surface area contributed by atoms with Crippen molar-refractivity contribution in [2.45, 2.75) is 24.8 Å². The van der Waals surface area contributed by atoms with E-state index in [0.29, 0.717) is 5.75 Å². The fourth-order valence-electron chi connectivity index (χ4n) is 1.96. The zero-order chi connectivity index (χ0) is 18.4. The molecule has 0 fully saturated rings. The largest absolute Gasteiger partial charge is 0.492 e. The van der Waals surface area contributed by atoms with Gasteiger partial charge >= 0.3 is 0 Å². The molecule has 5 nitrogen and oxygen atoms in total. The number of ether oxygens (including phenoxy) is 2. The summed E-state index contributed by atoms with van der Waals surface area (Å²) in [4.78, 5) is 0.0939. The van der Waals surface area contributed by atoms with Crippen molar-refractivity contribution in [3.8, 4) is 11.5 Å². The molecule has 0 aliphatic carbocycles. The SMILES string of the molecule is CC(C)Oc1ccc(S(=O)(=O)NCCOc2ccc(F)c(F)c2)cc1. The zero-order valence-corrected chi connectivity index (χ0v) is 14.6. The van der Waals surface area contributed by atoms with Gasteiger partial charge in [0.1, 0.15) is 18.1 Å². The highest BCUT2D eigenvalue weighted by Gasteiger charge is 2.13. The van der Waals surface area contributed by atoms with Crippen molar-refractivity contribution in [3.05, 3.63) is 54.1 Å². The van der Waals surface area contributed by atoms with Gasteiger partial charge in [-0.25, -0.2) is 21.9 Å². The molecule has 1 N–H and O–H groups in total. The van der Waals surface area contributed by atoms with Gasteiger partial charge in [-0.1, -0.05) is 0 Å². The molecule has 2 rings (SSSR count). The van der Waals surface area contributed by atoms with Crippen LogP contribution in [-0.4, -0.2) is 27.7 Å². The van der Waals surface area contributed by atoms with E-state index in [1.54, 1.807) is 12.1 Å². The topological polar surface area (TPSA) is 64.6 Å². The van der Waals surface area contributed by atoms with Crippen LogP contribution >= 0.6 is 0 Å². The summed E-state index contributed by atoms with van der Waals surface area (Å²) in [7, 11) is -3.69. The Bertz CT molecular complexity index is 808. The lowest BCUT2D eigenvalue weighted by Gasteiger charge is -2.11. The highest BCUT2D eigenvalue weighted by atomic mass is 32.2. The number of benzene rings is 2. The van der Waals surface area contributed by atoms with Gasteiger partial charge in [-0.15, -0.1) is 0 Å². The van der Waals surface area contributed by atoms with Crippen molar-refractivity contribution in [2.24, 2.45) is 0 Å². The molecule has 0 saturated carbocycles. The minimum atomic E-state index is -3.69. The van der Waals surface area contributed by atoms with Crippen LogP contribution in [0.25, 0.3) is 0 Å². The second-order valence-electron chi connectivity index (χ2n) is 5.46. The first-order chi connectivity index (χ1) is 11.8. The molecule has 0 spiro atoms. The minimum absolute atomic E-state index is 0.00553. The average Bonchev–Trinajstić information content (AvgIpc) is 2.55. The van der Waals surface area contributed by atoms with Gasteiger partial charge < -0.3 is 9.47 Å². The summed E-state index contributed by atoms with van der Waals surface area (Å²) >= 11 is 0. The number of hydrogen-bond acceptors (Lipinski definition) is 4. The molecule has 8 heteroatoms.